The maximum absolute atomic E-state index is 12.4. The number of nitrogens with zero attached hydrogens (tertiary/aromatic N) is 1. The number of nitrogen functional groups attached to an aromatic ring is 1. The number of sulfonamides is 1. The third-order valence-electron chi connectivity index (χ3n) is 2.31. The van der Waals surface area contributed by atoms with E-state index in [0.717, 1.165) is 0 Å². The van der Waals surface area contributed by atoms with Gasteiger partial charge >= 0.3 is 0 Å². The fraction of sp³-hybridized carbons (Fsp3) is 0. The Morgan fingerprint density at radius 2 is 2.00 bits per heavy atom. The maximum atomic E-state index is 12.4. The molecule has 0 aliphatic heterocycles. The summed E-state index contributed by atoms with van der Waals surface area (Å²) in [6.07, 6.45) is 1.46. The predicted octanol–water partition coefficient (Wildman–Crippen LogP) is 3.64. The van der Waals surface area contributed by atoms with Crippen LogP contribution in [0.1, 0.15) is 0 Å². The van der Waals surface area contributed by atoms with Crippen molar-refractivity contribution in [2.24, 2.45) is 0 Å². The number of anilines is 2. The van der Waals surface area contributed by atoms with Crippen molar-refractivity contribution in [2.45, 2.75) is 4.90 Å². The van der Waals surface area contributed by atoms with Gasteiger partial charge in [-0.3, -0.25) is 4.72 Å². The first kappa shape index (κ1) is 15.6. The van der Waals surface area contributed by atoms with E-state index in [9.17, 15) is 8.42 Å². The molecule has 3 N–H and O–H groups in total. The molecule has 5 nitrogen and oxygen atoms in total. The van der Waals surface area contributed by atoms with E-state index in [2.05, 4.69) is 41.6 Å². The van der Waals surface area contributed by atoms with Gasteiger partial charge in [0.15, 0.2) is 5.15 Å². The molecular weight excluding hydrogens is 433 g/mol. The molecule has 106 valence electrons. The number of hydrogen-bond acceptors (Lipinski definition) is 4. The molecule has 20 heavy (non-hydrogen) atoms. The first-order valence-corrected chi connectivity index (χ1v) is 8.64. The normalized spacial score (nSPS) is 11.3. The Bertz CT molecular complexity index is 745. The standard InChI is InChI=1S/C11H8Br2ClN3O2S/c12-6-4-7(13)10(8(15)5-6)20(18,19)17-9-2-1-3-16-11(9)14/h1-5,17H,15H2. The summed E-state index contributed by atoms with van der Waals surface area (Å²) in [5.74, 6) is 0. The van der Waals surface area contributed by atoms with Gasteiger partial charge in [-0.1, -0.05) is 27.5 Å². The van der Waals surface area contributed by atoms with Gasteiger partial charge in [0.05, 0.1) is 11.4 Å². The average molecular weight is 442 g/mol. The lowest BCUT2D eigenvalue weighted by atomic mass is 10.3. The van der Waals surface area contributed by atoms with Crippen LogP contribution < -0.4 is 10.5 Å². The van der Waals surface area contributed by atoms with Gasteiger partial charge in [0.25, 0.3) is 10.0 Å². The van der Waals surface area contributed by atoms with Crippen LogP contribution in [-0.4, -0.2) is 13.4 Å². The summed E-state index contributed by atoms with van der Waals surface area (Å²) in [7, 11) is -3.88. The second-order valence-electron chi connectivity index (χ2n) is 3.75. The van der Waals surface area contributed by atoms with Gasteiger partial charge in [-0.2, -0.15) is 0 Å². The number of benzene rings is 1. The van der Waals surface area contributed by atoms with Crippen molar-refractivity contribution >= 4 is 64.9 Å². The van der Waals surface area contributed by atoms with Crippen LogP contribution >= 0.6 is 43.5 Å². The largest absolute Gasteiger partial charge is 0.398 e. The molecule has 0 fully saturated rings. The van der Waals surface area contributed by atoms with Crippen molar-refractivity contribution in [3.05, 3.63) is 44.6 Å². The zero-order valence-electron chi connectivity index (χ0n) is 9.77. The van der Waals surface area contributed by atoms with Crippen LogP contribution in [0.15, 0.2) is 44.3 Å². The van der Waals surface area contributed by atoms with Crippen LogP contribution in [0, 0.1) is 0 Å². The Kier molecular flexibility index (Phi) is 4.58. The highest BCUT2D eigenvalue weighted by Gasteiger charge is 2.22. The number of nitrogens with one attached hydrogen (secondary N) is 1. The van der Waals surface area contributed by atoms with E-state index < -0.39 is 10.0 Å². The topological polar surface area (TPSA) is 85.1 Å². The van der Waals surface area contributed by atoms with E-state index in [1.165, 1.54) is 18.3 Å². The van der Waals surface area contributed by atoms with E-state index in [-0.39, 0.29) is 21.4 Å². The summed E-state index contributed by atoms with van der Waals surface area (Å²) in [6, 6.07) is 6.18. The molecular formula is C11H8Br2ClN3O2S. The van der Waals surface area contributed by atoms with Crippen molar-refractivity contribution in [3.63, 3.8) is 0 Å². The van der Waals surface area contributed by atoms with E-state index in [0.29, 0.717) is 8.95 Å². The van der Waals surface area contributed by atoms with Gasteiger partial charge < -0.3 is 5.73 Å². The van der Waals surface area contributed by atoms with Crippen molar-refractivity contribution in [3.8, 4) is 0 Å². The summed E-state index contributed by atoms with van der Waals surface area (Å²) in [5, 5.41) is 0.0582. The minimum atomic E-state index is -3.88. The fourth-order valence-electron chi connectivity index (χ4n) is 1.52. The van der Waals surface area contributed by atoms with Crippen LogP contribution in [0.3, 0.4) is 0 Å². The number of hydrogen-bond donors (Lipinski definition) is 2. The zero-order chi connectivity index (χ0) is 14.9. The molecule has 0 radical (unpaired) electrons. The lowest BCUT2D eigenvalue weighted by Gasteiger charge is -2.12. The molecule has 0 aliphatic carbocycles. The lowest BCUT2D eigenvalue weighted by Crippen LogP contribution is -2.16. The highest BCUT2D eigenvalue weighted by atomic mass is 79.9. The summed E-state index contributed by atoms with van der Waals surface area (Å²) in [5.41, 5.74) is 6.07. The van der Waals surface area contributed by atoms with Crippen molar-refractivity contribution in [1.82, 2.24) is 4.98 Å². The predicted molar refractivity (Wildman–Crippen MR) is 86.3 cm³/mol. The van der Waals surface area contributed by atoms with Gasteiger partial charge in [-0.05, 0) is 40.2 Å². The minimum Gasteiger partial charge on any atom is -0.398 e. The van der Waals surface area contributed by atoms with E-state index in [1.807, 2.05) is 0 Å². The molecule has 0 spiro atoms. The monoisotopic (exact) mass is 439 g/mol. The molecule has 0 aliphatic rings. The Morgan fingerprint density at radius 1 is 1.30 bits per heavy atom. The van der Waals surface area contributed by atoms with E-state index >= 15 is 0 Å². The van der Waals surface area contributed by atoms with Crippen LogP contribution in [0.4, 0.5) is 11.4 Å². The zero-order valence-corrected chi connectivity index (χ0v) is 14.5. The average Bonchev–Trinajstić information content (AvgIpc) is 2.30. The Hall–Kier alpha value is -0.830. The summed E-state index contributed by atoms with van der Waals surface area (Å²) in [6.45, 7) is 0. The smallest absolute Gasteiger partial charge is 0.265 e. The van der Waals surface area contributed by atoms with Crippen LogP contribution in [0.5, 0.6) is 0 Å². The maximum Gasteiger partial charge on any atom is 0.265 e. The van der Waals surface area contributed by atoms with Crippen LogP contribution in [0.2, 0.25) is 5.15 Å². The Morgan fingerprint density at radius 3 is 2.60 bits per heavy atom. The fourth-order valence-corrected chi connectivity index (χ4v) is 4.88. The van der Waals surface area contributed by atoms with Gasteiger partial charge in [0.2, 0.25) is 0 Å². The number of nitrogens with two attached hydrogens (primary N) is 1. The number of pyridine rings is 1. The summed E-state index contributed by atoms with van der Waals surface area (Å²) < 4.78 is 28.1. The highest BCUT2D eigenvalue weighted by Crippen LogP contribution is 2.33. The second-order valence-corrected chi connectivity index (χ2v) is 7.50. The van der Waals surface area contributed by atoms with Crippen molar-refractivity contribution < 1.29 is 8.42 Å². The van der Waals surface area contributed by atoms with E-state index in [4.69, 9.17) is 17.3 Å². The third kappa shape index (κ3) is 3.25. The van der Waals surface area contributed by atoms with Gasteiger partial charge in [0.1, 0.15) is 4.90 Å². The van der Waals surface area contributed by atoms with Gasteiger partial charge in [-0.25, -0.2) is 13.4 Å². The molecule has 9 heteroatoms. The molecule has 1 aromatic heterocycles. The second kappa shape index (κ2) is 5.88. The Balaban J connectivity index is 2.50. The van der Waals surface area contributed by atoms with Crippen LogP contribution in [0.25, 0.3) is 0 Å². The minimum absolute atomic E-state index is 0.0550. The molecule has 1 heterocycles. The van der Waals surface area contributed by atoms with Crippen molar-refractivity contribution in [2.75, 3.05) is 10.5 Å². The molecule has 0 saturated heterocycles. The molecule has 2 rings (SSSR count). The molecule has 0 amide bonds. The van der Waals surface area contributed by atoms with Crippen molar-refractivity contribution in [1.29, 1.82) is 0 Å². The first-order chi connectivity index (χ1) is 9.31. The highest BCUT2D eigenvalue weighted by molar-refractivity contribution is 9.11. The van der Waals surface area contributed by atoms with Gasteiger partial charge in [0, 0.05) is 15.1 Å². The number of aromatic nitrogens is 1. The Labute approximate surface area is 137 Å². The number of halogens is 3. The molecule has 0 bridgehead atoms. The van der Waals surface area contributed by atoms with Crippen LogP contribution in [-0.2, 0) is 10.0 Å². The molecule has 0 unspecified atom stereocenters. The van der Waals surface area contributed by atoms with E-state index in [1.54, 1.807) is 12.1 Å². The summed E-state index contributed by atoms with van der Waals surface area (Å²) in [4.78, 5) is 3.75. The quantitative estimate of drug-likeness (QED) is 0.563. The molecule has 2 aromatic rings. The summed E-state index contributed by atoms with van der Waals surface area (Å²) >= 11 is 12.3. The first-order valence-electron chi connectivity index (χ1n) is 5.19. The third-order valence-corrected chi connectivity index (χ3v) is 5.44. The number of rotatable bonds is 3. The molecule has 0 atom stereocenters. The van der Waals surface area contributed by atoms with Gasteiger partial charge in [-0.15, -0.1) is 0 Å². The lowest BCUT2D eigenvalue weighted by molar-refractivity contribution is 0.601. The molecule has 0 saturated carbocycles. The molecule has 1 aromatic carbocycles. The SMILES string of the molecule is Nc1cc(Br)cc(Br)c1S(=O)(=O)Nc1cccnc1Cl.